The topological polar surface area (TPSA) is 43.1 Å². The monoisotopic (exact) mass is 344 g/mol. The maximum absolute atomic E-state index is 6.39. The molecule has 0 unspecified atom stereocenters. The van der Waals surface area contributed by atoms with Gasteiger partial charge in [-0.3, -0.25) is 0 Å². The Hall–Kier alpha value is -1.01. The predicted octanol–water partition coefficient (Wildman–Crippen LogP) is 4.47. The van der Waals surface area contributed by atoms with Crippen LogP contribution >= 0.6 is 46.6 Å². The standard InChI is InChI=1S/C12H7Cl3N4S/c1-20-12-17-11-16-9(14)8(10(15)19(11)18-12)6-4-2-3-5-7(6)13/h2-5H,1H3. The molecule has 3 rings (SSSR count). The third kappa shape index (κ3) is 2.24. The first kappa shape index (κ1) is 13.9. The molecule has 8 heteroatoms. The van der Waals surface area contributed by atoms with Crippen molar-refractivity contribution in [3.8, 4) is 11.1 Å². The lowest BCUT2D eigenvalue weighted by Gasteiger charge is -2.08. The Morgan fingerprint density at radius 1 is 1.10 bits per heavy atom. The number of aromatic nitrogens is 4. The number of fused-ring (bicyclic) bond motifs is 1. The molecule has 0 amide bonds. The highest BCUT2D eigenvalue weighted by Crippen LogP contribution is 2.37. The first-order valence-electron chi connectivity index (χ1n) is 5.52. The number of benzene rings is 1. The van der Waals surface area contributed by atoms with Crippen LogP contribution in [0.3, 0.4) is 0 Å². The molecule has 0 aliphatic carbocycles. The van der Waals surface area contributed by atoms with Gasteiger partial charge in [-0.05, 0) is 12.3 Å². The Morgan fingerprint density at radius 2 is 1.85 bits per heavy atom. The minimum absolute atomic E-state index is 0.246. The number of thioether (sulfide) groups is 1. The first-order chi connectivity index (χ1) is 9.61. The van der Waals surface area contributed by atoms with Gasteiger partial charge >= 0.3 is 0 Å². The van der Waals surface area contributed by atoms with Crippen LogP contribution in [-0.2, 0) is 0 Å². The van der Waals surface area contributed by atoms with Crippen molar-refractivity contribution in [2.45, 2.75) is 5.16 Å². The van der Waals surface area contributed by atoms with E-state index in [0.717, 1.165) is 0 Å². The van der Waals surface area contributed by atoms with E-state index in [2.05, 4.69) is 15.1 Å². The second kappa shape index (κ2) is 5.41. The Morgan fingerprint density at radius 3 is 2.55 bits per heavy atom. The summed E-state index contributed by atoms with van der Waals surface area (Å²) in [6.45, 7) is 0. The van der Waals surface area contributed by atoms with Gasteiger partial charge in [0, 0.05) is 10.6 Å². The zero-order valence-corrected chi connectivity index (χ0v) is 13.2. The van der Waals surface area contributed by atoms with Crippen LogP contribution in [0, 0.1) is 0 Å². The molecule has 0 saturated heterocycles. The van der Waals surface area contributed by atoms with Crippen molar-refractivity contribution in [1.29, 1.82) is 0 Å². The normalized spacial score (nSPS) is 11.2. The molecule has 0 radical (unpaired) electrons. The highest BCUT2D eigenvalue weighted by Gasteiger charge is 2.18. The molecule has 1 aromatic carbocycles. The molecule has 0 bridgehead atoms. The average molecular weight is 346 g/mol. The van der Waals surface area contributed by atoms with Gasteiger partial charge in [-0.2, -0.15) is 14.5 Å². The number of rotatable bonds is 2. The summed E-state index contributed by atoms with van der Waals surface area (Å²) < 4.78 is 1.46. The van der Waals surface area contributed by atoms with Crippen molar-refractivity contribution in [3.05, 3.63) is 39.6 Å². The fourth-order valence-corrected chi connectivity index (χ4v) is 2.98. The summed E-state index contributed by atoms with van der Waals surface area (Å²) in [5, 5.41) is 5.96. The molecule has 4 nitrogen and oxygen atoms in total. The molecule has 0 aliphatic rings. The van der Waals surface area contributed by atoms with Crippen LogP contribution in [0.25, 0.3) is 16.9 Å². The second-order valence-corrected chi connectivity index (χ2v) is 5.76. The van der Waals surface area contributed by atoms with E-state index >= 15 is 0 Å². The Balaban J connectivity index is 2.34. The summed E-state index contributed by atoms with van der Waals surface area (Å²) in [6.07, 6.45) is 1.87. The summed E-state index contributed by atoms with van der Waals surface area (Å²) in [5.74, 6) is 0.361. The lowest BCUT2D eigenvalue weighted by Crippen LogP contribution is -1.97. The second-order valence-electron chi connectivity index (χ2n) is 3.86. The molecule has 0 saturated carbocycles. The van der Waals surface area contributed by atoms with Crippen molar-refractivity contribution in [2.24, 2.45) is 0 Å². The van der Waals surface area contributed by atoms with Crippen LogP contribution in [0.4, 0.5) is 0 Å². The third-order valence-corrected chi connectivity index (χ3v) is 4.18. The van der Waals surface area contributed by atoms with Gasteiger partial charge in [0.1, 0.15) is 10.3 Å². The van der Waals surface area contributed by atoms with E-state index in [9.17, 15) is 0 Å². The van der Waals surface area contributed by atoms with Crippen LogP contribution in [0.2, 0.25) is 15.3 Å². The van der Waals surface area contributed by atoms with Crippen molar-refractivity contribution in [1.82, 2.24) is 19.6 Å². The number of hydrogen-bond acceptors (Lipinski definition) is 4. The van der Waals surface area contributed by atoms with E-state index in [1.807, 2.05) is 24.5 Å². The van der Waals surface area contributed by atoms with Crippen LogP contribution in [-0.4, -0.2) is 25.8 Å². The lowest BCUT2D eigenvalue weighted by molar-refractivity contribution is 0.883. The smallest absolute Gasteiger partial charge is 0.198 e. The zero-order valence-electron chi connectivity index (χ0n) is 10.1. The van der Waals surface area contributed by atoms with E-state index in [0.29, 0.717) is 32.2 Å². The number of hydrogen-bond donors (Lipinski definition) is 0. The highest BCUT2D eigenvalue weighted by molar-refractivity contribution is 7.98. The van der Waals surface area contributed by atoms with E-state index < -0.39 is 0 Å². The predicted molar refractivity (Wildman–Crippen MR) is 83.0 cm³/mol. The first-order valence-corrected chi connectivity index (χ1v) is 7.88. The molecule has 0 fully saturated rings. The summed E-state index contributed by atoms with van der Waals surface area (Å²) >= 11 is 20.2. The Kier molecular flexibility index (Phi) is 3.77. The maximum Gasteiger partial charge on any atom is 0.256 e. The van der Waals surface area contributed by atoms with Crippen molar-refractivity contribution < 1.29 is 0 Å². The molecule has 3 aromatic rings. The summed E-state index contributed by atoms with van der Waals surface area (Å²) in [4.78, 5) is 8.43. The zero-order chi connectivity index (χ0) is 14.3. The SMILES string of the molecule is CSc1nc2nc(Cl)c(-c3ccccc3Cl)c(Cl)n2n1. The Labute approximate surface area is 134 Å². The van der Waals surface area contributed by atoms with E-state index in [-0.39, 0.29) is 5.15 Å². The highest BCUT2D eigenvalue weighted by atomic mass is 35.5. The summed E-state index contributed by atoms with van der Waals surface area (Å²) in [6, 6.07) is 7.28. The Bertz CT molecular complexity index is 803. The van der Waals surface area contributed by atoms with Crippen LogP contribution in [0.1, 0.15) is 0 Å². The number of nitrogens with zero attached hydrogens (tertiary/aromatic N) is 4. The summed E-state index contributed by atoms with van der Waals surface area (Å²) in [7, 11) is 0. The molecular weight excluding hydrogens is 339 g/mol. The molecule has 2 aromatic heterocycles. The van der Waals surface area contributed by atoms with Gasteiger partial charge in [0.25, 0.3) is 5.78 Å². The van der Waals surface area contributed by atoms with Crippen molar-refractivity contribution >= 4 is 52.3 Å². The molecule has 0 spiro atoms. The molecule has 0 N–H and O–H groups in total. The third-order valence-electron chi connectivity index (χ3n) is 2.69. The quantitative estimate of drug-likeness (QED) is 0.507. The van der Waals surface area contributed by atoms with Gasteiger partial charge in [0.15, 0.2) is 0 Å². The van der Waals surface area contributed by atoms with Gasteiger partial charge in [-0.1, -0.05) is 64.8 Å². The maximum atomic E-state index is 6.39. The lowest BCUT2D eigenvalue weighted by atomic mass is 10.1. The van der Waals surface area contributed by atoms with Gasteiger partial charge in [-0.15, -0.1) is 5.10 Å². The van der Waals surface area contributed by atoms with Crippen molar-refractivity contribution in [2.75, 3.05) is 6.26 Å². The van der Waals surface area contributed by atoms with Crippen LogP contribution < -0.4 is 0 Å². The van der Waals surface area contributed by atoms with Gasteiger partial charge in [0.2, 0.25) is 5.16 Å². The van der Waals surface area contributed by atoms with Crippen LogP contribution in [0.5, 0.6) is 0 Å². The molecule has 0 aliphatic heterocycles. The van der Waals surface area contributed by atoms with E-state index in [1.165, 1.54) is 16.3 Å². The van der Waals surface area contributed by atoms with Gasteiger partial charge in [0.05, 0.1) is 5.56 Å². The van der Waals surface area contributed by atoms with E-state index in [1.54, 1.807) is 6.07 Å². The van der Waals surface area contributed by atoms with Crippen LogP contribution in [0.15, 0.2) is 29.4 Å². The molecule has 0 atom stereocenters. The minimum atomic E-state index is 0.246. The molecule has 20 heavy (non-hydrogen) atoms. The molecule has 102 valence electrons. The van der Waals surface area contributed by atoms with Crippen molar-refractivity contribution in [3.63, 3.8) is 0 Å². The van der Waals surface area contributed by atoms with Gasteiger partial charge in [-0.25, -0.2) is 0 Å². The minimum Gasteiger partial charge on any atom is -0.198 e. The fourth-order valence-electron chi connectivity index (χ4n) is 1.80. The number of halogens is 3. The van der Waals surface area contributed by atoms with Gasteiger partial charge < -0.3 is 0 Å². The molecule has 2 heterocycles. The fraction of sp³-hybridized carbons (Fsp3) is 0.0833. The molecular formula is C12H7Cl3N4S. The largest absolute Gasteiger partial charge is 0.256 e. The summed E-state index contributed by atoms with van der Waals surface area (Å²) in [5.41, 5.74) is 1.25. The average Bonchev–Trinajstić information content (AvgIpc) is 2.84. The van der Waals surface area contributed by atoms with E-state index in [4.69, 9.17) is 34.8 Å².